The fraction of sp³-hybridized carbons (Fsp3) is 0.368. The van der Waals surface area contributed by atoms with Crippen molar-refractivity contribution in [3.63, 3.8) is 0 Å². The van der Waals surface area contributed by atoms with Crippen LogP contribution in [0.2, 0.25) is 0 Å². The van der Waals surface area contributed by atoms with Gasteiger partial charge in [0.05, 0.1) is 30.5 Å². The smallest absolute Gasteiger partial charge is 0.243 e. The average Bonchev–Trinajstić information content (AvgIpc) is 3.29. The van der Waals surface area contributed by atoms with E-state index in [0.717, 1.165) is 11.8 Å². The van der Waals surface area contributed by atoms with Crippen molar-refractivity contribution in [1.82, 2.24) is 14.5 Å². The standard InChI is InChI=1S/C19H21N3O5S/c1-28(24,25)13-18-20-14-5-2-3-6-15(14)22(18)11-19(23)21-8-10-26-12-16(21)17-7-4-9-27-17/h2-7,9,16H,8,10-13H2,1H3. The molecule has 3 aromatic rings. The third-order valence-electron chi connectivity index (χ3n) is 4.74. The van der Waals surface area contributed by atoms with E-state index in [4.69, 9.17) is 9.15 Å². The second-order valence-corrected chi connectivity index (χ2v) is 9.01. The van der Waals surface area contributed by atoms with Crippen molar-refractivity contribution in [2.24, 2.45) is 0 Å². The van der Waals surface area contributed by atoms with Gasteiger partial charge in [-0.1, -0.05) is 12.1 Å². The van der Waals surface area contributed by atoms with Crippen LogP contribution >= 0.6 is 0 Å². The zero-order chi connectivity index (χ0) is 19.7. The van der Waals surface area contributed by atoms with E-state index in [0.29, 0.717) is 36.9 Å². The van der Waals surface area contributed by atoms with Crippen LogP contribution in [0.1, 0.15) is 17.6 Å². The maximum Gasteiger partial charge on any atom is 0.243 e. The lowest BCUT2D eigenvalue weighted by atomic mass is 10.1. The molecule has 2 aromatic heterocycles. The van der Waals surface area contributed by atoms with Gasteiger partial charge >= 0.3 is 0 Å². The number of hydrogen-bond acceptors (Lipinski definition) is 6. The predicted octanol–water partition coefficient (Wildman–Crippen LogP) is 1.77. The molecule has 28 heavy (non-hydrogen) atoms. The molecule has 1 aliphatic rings. The van der Waals surface area contributed by atoms with Crippen LogP contribution in [0.15, 0.2) is 47.1 Å². The molecule has 0 spiro atoms. The Balaban J connectivity index is 1.66. The first kappa shape index (κ1) is 18.7. The van der Waals surface area contributed by atoms with Crippen LogP contribution in [0.5, 0.6) is 0 Å². The van der Waals surface area contributed by atoms with E-state index in [2.05, 4.69) is 4.98 Å². The summed E-state index contributed by atoms with van der Waals surface area (Å²) in [5.41, 5.74) is 1.40. The topological polar surface area (TPSA) is 94.6 Å². The number of rotatable bonds is 5. The predicted molar refractivity (Wildman–Crippen MR) is 102 cm³/mol. The highest BCUT2D eigenvalue weighted by Gasteiger charge is 2.31. The summed E-state index contributed by atoms with van der Waals surface area (Å²) in [4.78, 5) is 19.3. The summed E-state index contributed by atoms with van der Waals surface area (Å²) < 4.78 is 36.4. The molecule has 1 saturated heterocycles. The molecule has 0 saturated carbocycles. The van der Waals surface area contributed by atoms with E-state index in [-0.39, 0.29) is 24.2 Å². The number of aromatic nitrogens is 2. The highest BCUT2D eigenvalue weighted by Crippen LogP contribution is 2.26. The number of amides is 1. The Hall–Kier alpha value is -2.65. The molecule has 1 atom stereocenters. The molecule has 4 rings (SSSR count). The number of benzene rings is 1. The Bertz CT molecular complexity index is 1090. The lowest BCUT2D eigenvalue weighted by molar-refractivity contribution is -0.141. The first-order valence-corrected chi connectivity index (χ1v) is 11.0. The summed E-state index contributed by atoms with van der Waals surface area (Å²) in [6, 6.07) is 10.6. The second-order valence-electron chi connectivity index (χ2n) is 6.87. The van der Waals surface area contributed by atoms with Gasteiger partial charge in [0.1, 0.15) is 29.9 Å². The third kappa shape index (κ3) is 3.81. The van der Waals surface area contributed by atoms with Gasteiger partial charge in [-0.15, -0.1) is 0 Å². The maximum absolute atomic E-state index is 13.2. The van der Waals surface area contributed by atoms with Crippen molar-refractivity contribution in [2.75, 3.05) is 26.0 Å². The van der Waals surface area contributed by atoms with Gasteiger partial charge in [0.15, 0.2) is 9.84 Å². The SMILES string of the molecule is CS(=O)(=O)Cc1nc2ccccc2n1CC(=O)N1CCOCC1c1ccco1. The fourth-order valence-electron chi connectivity index (χ4n) is 3.49. The van der Waals surface area contributed by atoms with Gasteiger partial charge in [-0.25, -0.2) is 13.4 Å². The Labute approximate surface area is 162 Å². The second kappa shape index (κ2) is 7.40. The quantitative estimate of drug-likeness (QED) is 0.644. The minimum atomic E-state index is -3.30. The molecular weight excluding hydrogens is 382 g/mol. The minimum Gasteiger partial charge on any atom is -0.467 e. The lowest BCUT2D eigenvalue weighted by Gasteiger charge is -2.34. The number of fused-ring (bicyclic) bond motifs is 1. The normalized spacial score (nSPS) is 17.9. The number of carbonyl (C=O) groups excluding carboxylic acids is 1. The number of imidazole rings is 1. The van der Waals surface area contributed by atoms with Gasteiger partial charge in [0.25, 0.3) is 0 Å². The van der Waals surface area contributed by atoms with Crippen LogP contribution < -0.4 is 0 Å². The molecule has 1 unspecified atom stereocenters. The van der Waals surface area contributed by atoms with Crippen molar-refractivity contribution in [1.29, 1.82) is 0 Å². The van der Waals surface area contributed by atoms with Crippen molar-refractivity contribution in [3.8, 4) is 0 Å². The molecule has 9 heteroatoms. The molecule has 3 heterocycles. The first-order valence-electron chi connectivity index (χ1n) is 8.95. The van der Waals surface area contributed by atoms with Gasteiger partial charge in [-0.2, -0.15) is 0 Å². The number of carbonyl (C=O) groups is 1. The van der Waals surface area contributed by atoms with E-state index < -0.39 is 9.84 Å². The largest absolute Gasteiger partial charge is 0.467 e. The number of morpholine rings is 1. The minimum absolute atomic E-state index is 0.00255. The summed E-state index contributed by atoms with van der Waals surface area (Å²) >= 11 is 0. The highest BCUT2D eigenvalue weighted by molar-refractivity contribution is 7.89. The maximum atomic E-state index is 13.2. The molecule has 0 N–H and O–H groups in total. The first-order chi connectivity index (χ1) is 13.4. The summed E-state index contributed by atoms with van der Waals surface area (Å²) in [6.07, 6.45) is 2.73. The van der Waals surface area contributed by atoms with Gasteiger partial charge in [0, 0.05) is 12.8 Å². The number of sulfone groups is 1. The van der Waals surface area contributed by atoms with Crippen LogP contribution in [0.4, 0.5) is 0 Å². The van der Waals surface area contributed by atoms with Crippen LogP contribution in [0.25, 0.3) is 11.0 Å². The fourth-order valence-corrected chi connectivity index (χ4v) is 4.18. The van der Waals surface area contributed by atoms with Crippen molar-refractivity contribution >= 4 is 26.8 Å². The Morgan fingerprint density at radius 3 is 2.82 bits per heavy atom. The van der Waals surface area contributed by atoms with E-state index in [1.807, 2.05) is 30.3 Å². The van der Waals surface area contributed by atoms with Gasteiger partial charge in [-0.3, -0.25) is 4.79 Å². The van der Waals surface area contributed by atoms with E-state index >= 15 is 0 Å². The lowest BCUT2D eigenvalue weighted by Crippen LogP contribution is -2.44. The summed E-state index contributed by atoms with van der Waals surface area (Å²) in [5.74, 6) is 0.669. The molecule has 1 amide bonds. The van der Waals surface area contributed by atoms with E-state index in [1.165, 1.54) is 0 Å². The van der Waals surface area contributed by atoms with Crippen LogP contribution in [0.3, 0.4) is 0 Å². The summed E-state index contributed by atoms with van der Waals surface area (Å²) in [7, 11) is -3.30. The van der Waals surface area contributed by atoms with Crippen LogP contribution in [-0.2, 0) is 31.7 Å². The van der Waals surface area contributed by atoms with Crippen molar-refractivity contribution in [3.05, 3.63) is 54.2 Å². The number of nitrogens with zero attached hydrogens (tertiary/aromatic N) is 3. The Morgan fingerprint density at radius 1 is 1.25 bits per heavy atom. The van der Waals surface area contributed by atoms with Crippen LogP contribution in [0, 0.1) is 0 Å². The Kier molecular flexibility index (Phi) is 4.94. The highest BCUT2D eigenvalue weighted by atomic mass is 32.2. The zero-order valence-corrected chi connectivity index (χ0v) is 16.3. The van der Waals surface area contributed by atoms with Gasteiger partial charge in [-0.05, 0) is 24.3 Å². The summed E-state index contributed by atoms with van der Waals surface area (Å²) in [6.45, 7) is 1.25. The van der Waals surface area contributed by atoms with E-state index in [9.17, 15) is 13.2 Å². The van der Waals surface area contributed by atoms with Gasteiger partial charge < -0.3 is 18.6 Å². The average molecular weight is 403 g/mol. The Morgan fingerprint density at radius 2 is 2.07 bits per heavy atom. The molecule has 0 radical (unpaired) electrons. The molecule has 0 bridgehead atoms. The number of ether oxygens (including phenoxy) is 1. The van der Waals surface area contributed by atoms with Crippen LogP contribution in [-0.4, -0.2) is 54.8 Å². The van der Waals surface area contributed by atoms with Gasteiger partial charge in [0.2, 0.25) is 5.91 Å². The molecule has 1 aromatic carbocycles. The molecule has 148 valence electrons. The van der Waals surface area contributed by atoms with E-state index in [1.54, 1.807) is 21.8 Å². The number of hydrogen-bond donors (Lipinski definition) is 0. The number of para-hydroxylation sites is 2. The zero-order valence-electron chi connectivity index (χ0n) is 15.4. The van der Waals surface area contributed by atoms with Crippen molar-refractivity contribution in [2.45, 2.75) is 18.3 Å². The molecule has 1 fully saturated rings. The molecule has 8 nitrogen and oxygen atoms in total. The summed E-state index contributed by atoms with van der Waals surface area (Å²) in [5, 5.41) is 0. The number of furan rings is 1. The third-order valence-corrected chi connectivity index (χ3v) is 5.52. The molecule has 0 aliphatic carbocycles. The molecule has 1 aliphatic heterocycles. The monoisotopic (exact) mass is 403 g/mol. The molecular formula is C19H21N3O5S. The van der Waals surface area contributed by atoms with Crippen molar-refractivity contribution < 1.29 is 22.4 Å².